The van der Waals surface area contributed by atoms with Crippen LogP contribution >= 0.6 is 15.9 Å². The summed E-state index contributed by atoms with van der Waals surface area (Å²) in [6.45, 7) is 11.0. The Morgan fingerprint density at radius 3 is 2.33 bits per heavy atom. The number of benzene rings is 1. The standard InChI is InChI=1S/C16H24BrNO3/c1-15(2)9-18(10-16(3,4)21-15)8-11-6-12(17)14(19)13(7-11)20-5/h6-7,19H,8-10H2,1-5H3. The van der Waals surface area contributed by atoms with E-state index in [0.717, 1.165) is 25.2 Å². The topological polar surface area (TPSA) is 41.9 Å². The van der Waals surface area contributed by atoms with Gasteiger partial charge in [0.1, 0.15) is 0 Å². The third-order valence-electron chi connectivity index (χ3n) is 3.48. The summed E-state index contributed by atoms with van der Waals surface area (Å²) >= 11 is 3.37. The predicted molar refractivity (Wildman–Crippen MR) is 86.9 cm³/mol. The molecule has 0 aliphatic carbocycles. The summed E-state index contributed by atoms with van der Waals surface area (Å²) < 4.78 is 12.0. The molecule has 1 aromatic rings. The second kappa shape index (κ2) is 5.78. The first-order chi connectivity index (χ1) is 9.62. The molecule has 1 N–H and O–H groups in total. The molecule has 118 valence electrons. The number of hydrogen-bond acceptors (Lipinski definition) is 4. The summed E-state index contributed by atoms with van der Waals surface area (Å²) in [7, 11) is 1.56. The van der Waals surface area contributed by atoms with Gasteiger partial charge in [-0.1, -0.05) is 0 Å². The summed E-state index contributed by atoms with van der Waals surface area (Å²) in [5, 5.41) is 9.89. The average molecular weight is 358 g/mol. The van der Waals surface area contributed by atoms with Gasteiger partial charge in [0.05, 0.1) is 22.8 Å². The molecule has 1 heterocycles. The van der Waals surface area contributed by atoms with Crippen molar-refractivity contribution in [3.8, 4) is 11.5 Å². The molecule has 0 bridgehead atoms. The van der Waals surface area contributed by atoms with E-state index in [2.05, 4.69) is 48.5 Å². The van der Waals surface area contributed by atoms with Crippen LogP contribution in [-0.2, 0) is 11.3 Å². The van der Waals surface area contributed by atoms with E-state index in [1.165, 1.54) is 0 Å². The first-order valence-electron chi connectivity index (χ1n) is 7.10. The van der Waals surface area contributed by atoms with Crippen LogP contribution in [0.4, 0.5) is 0 Å². The van der Waals surface area contributed by atoms with E-state index in [9.17, 15) is 5.11 Å². The smallest absolute Gasteiger partial charge is 0.172 e. The van der Waals surface area contributed by atoms with Crippen molar-refractivity contribution < 1.29 is 14.6 Å². The molecule has 21 heavy (non-hydrogen) atoms. The minimum Gasteiger partial charge on any atom is -0.503 e. The number of rotatable bonds is 3. The van der Waals surface area contributed by atoms with Crippen LogP contribution in [-0.4, -0.2) is 41.4 Å². The largest absolute Gasteiger partial charge is 0.503 e. The fourth-order valence-electron chi connectivity index (χ4n) is 3.19. The third kappa shape index (κ3) is 4.11. The highest BCUT2D eigenvalue weighted by Gasteiger charge is 2.37. The van der Waals surface area contributed by atoms with Gasteiger partial charge >= 0.3 is 0 Å². The Morgan fingerprint density at radius 1 is 1.24 bits per heavy atom. The normalized spacial score (nSPS) is 21.2. The van der Waals surface area contributed by atoms with Gasteiger partial charge in [0.25, 0.3) is 0 Å². The Hall–Kier alpha value is -0.780. The summed E-state index contributed by atoms with van der Waals surface area (Å²) in [4.78, 5) is 2.38. The molecule has 0 radical (unpaired) electrons. The lowest BCUT2D eigenvalue weighted by molar-refractivity contribution is -0.182. The van der Waals surface area contributed by atoms with Gasteiger partial charge in [-0.3, -0.25) is 4.90 Å². The number of ether oxygens (including phenoxy) is 2. The van der Waals surface area contributed by atoms with Gasteiger partial charge in [-0.25, -0.2) is 0 Å². The van der Waals surface area contributed by atoms with Crippen LogP contribution in [0.2, 0.25) is 0 Å². The number of halogens is 1. The van der Waals surface area contributed by atoms with Gasteiger partial charge in [-0.2, -0.15) is 0 Å². The van der Waals surface area contributed by atoms with E-state index in [0.29, 0.717) is 10.2 Å². The van der Waals surface area contributed by atoms with Crippen molar-refractivity contribution in [3.63, 3.8) is 0 Å². The number of nitrogens with zero attached hydrogens (tertiary/aromatic N) is 1. The summed E-state index contributed by atoms with van der Waals surface area (Å²) in [5.74, 6) is 0.634. The molecule has 0 unspecified atom stereocenters. The maximum absolute atomic E-state index is 9.89. The Morgan fingerprint density at radius 2 is 1.81 bits per heavy atom. The van der Waals surface area contributed by atoms with Crippen molar-refractivity contribution in [2.24, 2.45) is 0 Å². The molecule has 1 fully saturated rings. The molecule has 0 spiro atoms. The molecule has 0 amide bonds. The zero-order chi connectivity index (χ0) is 15.8. The number of methoxy groups -OCH3 is 1. The van der Waals surface area contributed by atoms with Crippen molar-refractivity contribution in [1.29, 1.82) is 0 Å². The molecule has 2 rings (SSSR count). The highest BCUT2D eigenvalue weighted by Crippen LogP contribution is 2.36. The number of phenolic OH excluding ortho intramolecular Hbond substituents is 1. The van der Waals surface area contributed by atoms with Gasteiger partial charge in [0.15, 0.2) is 11.5 Å². The van der Waals surface area contributed by atoms with Crippen LogP contribution in [0.25, 0.3) is 0 Å². The lowest BCUT2D eigenvalue weighted by Gasteiger charge is -2.47. The molecule has 0 atom stereocenters. The highest BCUT2D eigenvalue weighted by molar-refractivity contribution is 9.10. The third-order valence-corrected chi connectivity index (χ3v) is 4.08. The van der Waals surface area contributed by atoms with Crippen LogP contribution in [0.15, 0.2) is 16.6 Å². The zero-order valence-electron chi connectivity index (χ0n) is 13.4. The Kier molecular flexibility index (Phi) is 4.57. The molecule has 5 heteroatoms. The summed E-state index contributed by atoms with van der Waals surface area (Å²) in [5.41, 5.74) is 0.769. The average Bonchev–Trinajstić information content (AvgIpc) is 2.29. The quantitative estimate of drug-likeness (QED) is 0.897. The van der Waals surface area contributed by atoms with Crippen LogP contribution < -0.4 is 4.74 Å². The maximum atomic E-state index is 9.89. The van der Waals surface area contributed by atoms with Crippen LogP contribution in [0.1, 0.15) is 33.3 Å². The van der Waals surface area contributed by atoms with E-state index in [1.54, 1.807) is 7.11 Å². The van der Waals surface area contributed by atoms with Crippen LogP contribution in [0.5, 0.6) is 11.5 Å². The maximum Gasteiger partial charge on any atom is 0.172 e. The lowest BCUT2D eigenvalue weighted by Crippen LogP contribution is -2.56. The molecule has 1 saturated heterocycles. The van der Waals surface area contributed by atoms with Gasteiger partial charge in [-0.05, 0) is 61.3 Å². The van der Waals surface area contributed by atoms with Gasteiger partial charge in [-0.15, -0.1) is 0 Å². The monoisotopic (exact) mass is 357 g/mol. The lowest BCUT2D eigenvalue weighted by atomic mass is 9.98. The fraction of sp³-hybridized carbons (Fsp3) is 0.625. The van der Waals surface area contributed by atoms with Crippen molar-refractivity contribution >= 4 is 15.9 Å². The van der Waals surface area contributed by atoms with Crippen LogP contribution in [0, 0.1) is 0 Å². The highest BCUT2D eigenvalue weighted by atomic mass is 79.9. The number of aromatic hydroxyl groups is 1. The Balaban J connectivity index is 2.20. The van der Waals surface area contributed by atoms with Crippen molar-refractivity contribution in [3.05, 3.63) is 22.2 Å². The van der Waals surface area contributed by atoms with Gasteiger partial charge in [0, 0.05) is 19.6 Å². The Labute approximate surface area is 135 Å². The predicted octanol–water partition coefficient (Wildman–Crippen LogP) is 3.55. The van der Waals surface area contributed by atoms with Crippen LogP contribution in [0.3, 0.4) is 0 Å². The second-order valence-electron chi connectivity index (χ2n) is 6.90. The molecule has 0 saturated carbocycles. The Bertz CT molecular complexity index is 512. The second-order valence-corrected chi connectivity index (χ2v) is 7.75. The number of phenols is 1. The van der Waals surface area contributed by atoms with E-state index in [1.807, 2.05) is 12.1 Å². The first kappa shape index (κ1) is 16.6. The molecular formula is C16H24BrNO3. The van der Waals surface area contributed by atoms with Crippen molar-refractivity contribution in [2.45, 2.75) is 45.4 Å². The van der Waals surface area contributed by atoms with E-state index in [4.69, 9.17) is 9.47 Å². The fourth-order valence-corrected chi connectivity index (χ4v) is 3.68. The summed E-state index contributed by atoms with van der Waals surface area (Å²) in [6, 6.07) is 3.82. The molecule has 1 aliphatic rings. The van der Waals surface area contributed by atoms with E-state index >= 15 is 0 Å². The first-order valence-corrected chi connectivity index (χ1v) is 7.89. The molecule has 1 aliphatic heterocycles. The van der Waals surface area contributed by atoms with Crippen molar-refractivity contribution in [2.75, 3.05) is 20.2 Å². The number of morpholine rings is 1. The van der Waals surface area contributed by atoms with Gasteiger partial charge in [0.2, 0.25) is 0 Å². The zero-order valence-corrected chi connectivity index (χ0v) is 15.0. The number of hydrogen-bond donors (Lipinski definition) is 1. The molecule has 0 aromatic heterocycles. The summed E-state index contributed by atoms with van der Waals surface area (Å²) in [6.07, 6.45) is 0. The SMILES string of the molecule is COc1cc(CN2CC(C)(C)OC(C)(C)C2)cc(Br)c1O. The molecular weight excluding hydrogens is 334 g/mol. The minimum absolute atomic E-state index is 0.142. The minimum atomic E-state index is -0.167. The molecule has 1 aromatic carbocycles. The van der Waals surface area contributed by atoms with Gasteiger partial charge < -0.3 is 14.6 Å². The van der Waals surface area contributed by atoms with Crippen molar-refractivity contribution in [1.82, 2.24) is 4.90 Å². The van der Waals surface area contributed by atoms with E-state index in [-0.39, 0.29) is 17.0 Å². The molecule has 4 nitrogen and oxygen atoms in total. The van der Waals surface area contributed by atoms with E-state index < -0.39 is 0 Å².